The van der Waals surface area contributed by atoms with Crippen LogP contribution in [-0.4, -0.2) is 28.9 Å². The van der Waals surface area contributed by atoms with Gasteiger partial charge in [-0.05, 0) is 36.4 Å². The Morgan fingerprint density at radius 2 is 2.03 bits per heavy atom. The molecule has 9 nitrogen and oxygen atoms in total. The van der Waals surface area contributed by atoms with E-state index in [1.807, 2.05) is 6.07 Å². The quantitative estimate of drug-likeness (QED) is 0.558. The van der Waals surface area contributed by atoms with Crippen molar-refractivity contribution < 1.29 is 23.1 Å². The second kappa shape index (κ2) is 8.44. The first-order valence-corrected chi connectivity index (χ1v) is 10.4. The van der Waals surface area contributed by atoms with E-state index in [0.29, 0.717) is 10.6 Å². The number of carboxylic acids is 1. The summed E-state index contributed by atoms with van der Waals surface area (Å²) in [6.07, 6.45) is 0.872. The van der Waals surface area contributed by atoms with Crippen molar-refractivity contribution in [1.82, 2.24) is 9.36 Å². The van der Waals surface area contributed by atoms with E-state index >= 15 is 0 Å². The van der Waals surface area contributed by atoms with Gasteiger partial charge in [0.05, 0.1) is 16.9 Å². The molecule has 0 bridgehead atoms. The van der Waals surface area contributed by atoms with Gasteiger partial charge in [-0.3, -0.25) is 9.52 Å². The maximum absolute atomic E-state index is 12.4. The number of anilines is 1. The lowest BCUT2D eigenvalue weighted by Crippen LogP contribution is -2.13. The minimum atomic E-state index is -3.98. The normalized spacial score (nSPS) is 10.9. The summed E-state index contributed by atoms with van der Waals surface area (Å²) in [6.45, 7) is 0. The number of aromatic nitrogens is 2. The number of carbonyl (C=O) groups is 1. The lowest BCUT2D eigenvalue weighted by Gasteiger charge is -2.13. The average Bonchev–Trinajstić information content (AvgIpc) is 3.15. The van der Waals surface area contributed by atoms with Crippen LogP contribution in [0.4, 0.5) is 5.13 Å². The van der Waals surface area contributed by atoms with Crippen LogP contribution >= 0.6 is 23.1 Å². The first kappa shape index (κ1) is 20.5. The smallest absolute Gasteiger partial charge is 0.307 e. The zero-order chi connectivity index (χ0) is 21.0. The molecule has 3 aromatic rings. The highest BCUT2D eigenvalue weighted by Crippen LogP contribution is 2.32. The van der Waals surface area contributed by atoms with E-state index in [9.17, 15) is 18.5 Å². The largest absolute Gasteiger partial charge is 0.481 e. The van der Waals surface area contributed by atoms with Gasteiger partial charge >= 0.3 is 5.97 Å². The summed E-state index contributed by atoms with van der Waals surface area (Å²) in [4.78, 5) is 14.6. The molecule has 0 aliphatic carbocycles. The van der Waals surface area contributed by atoms with E-state index in [4.69, 9.17) is 21.4 Å². The monoisotopic (exact) mass is 450 g/mol. The summed E-state index contributed by atoms with van der Waals surface area (Å²) < 4.78 is 36.5. The maximum atomic E-state index is 12.4. The molecule has 148 valence electrons. The van der Waals surface area contributed by atoms with Crippen molar-refractivity contribution in [2.75, 3.05) is 4.72 Å². The van der Waals surface area contributed by atoms with Crippen molar-refractivity contribution in [2.45, 2.75) is 11.3 Å². The molecule has 1 heterocycles. The molecule has 12 heteroatoms. The van der Waals surface area contributed by atoms with Crippen LogP contribution in [0.3, 0.4) is 0 Å². The highest BCUT2D eigenvalue weighted by molar-refractivity contribution is 7.93. The first-order chi connectivity index (χ1) is 13.8. The minimum Gasteiger partial charge on any atom is -0.481 e. The second-order valence-electron chi connectivity index (χ2n) is 5.55. The molecule has 0 amide bonds. The van der Waals surface area contributed by atoms with Crippen LogP contribution in [0.15, 0.2) is 47.6 Å². The van der Waals surface area contributed by atoms with E-state index in [-0.39, 0.29) is 33.5 Å². The van der Waals surface area contributed by atoms with Crippen molar-refractivity contribution in [1.29, 1.82) is 5.26 Å². The van der Waals surface area contributed by atoms with Crippen LogP contribution in [0.5, 0.6) is 11.5 Å². The van der Waals surface area contributed by atoms with Crippen LogP contribution < -0.4 is 9.46 Å². The molecule has 1 aromatic heterocycles. The molecule has 0 unspecified atom stereocenters. The second-order valence-corrected chi connectivity index (χ2v) is 8.45. The van der Waals surface area contributed by atoms with E-state index in [1.54, 1.807) is 0 Å². The Bertz CT molecular complexity index is 1210. The zero-order valence-electron chi connectivity index (χ0n) is 14.4. The van der Waals surface area contributed by atoms with Gasteiger partial charge in [-0.25, -0.2) is 13.4 Å². The van der Waals surface area contributed by atoms with E-state index in [1.165, 1.54) is 36.7 Å². The summed E-state index contributed by atoms with van der Waals surface area (Å²) in [7, 11) is -3.98. The first-order valence-electron chi connectivity index (χ1n) is 7.80. The number of carboxylic acid groups (broad SMARTS) is 1. The lowest BCUT2D eigenvalue weighted by molar-refractivity contribution is -0.136. The highest BCUT2D eigenvalue weighted by atomic mass is 35.5. The fourth-order valence-corrected chi connectivity index (χ4v) is 4.19. The summed E-state index contributed by atoms with van der Waals surface area (Å²) in [5.74, 6) is -0.825. The van der Waals surface area contributed by atoms with Crippen LogP contribution in [0.2, 0.25) is 5.02 Å². The van der Waals surface area contributed by atoms with Crippen LogP contribution in [-0.2, 0) is 21.2 Å². The molecular weight excluding hydrogens is 440 g/mol. The summed E-state index contributed by atoms with van der Waals surface area (Å²) >= 11 is 6.77. The standard InChI is InChI=1S/C17H11ClN4O5S2/c18-12-1-3-14(10(5-12)7-16(23)24)27-15-4-2-13(6-11(15)8-19)29(25,26)22-17-20-9-21-28-17/h1-6,9H,7H2,(H,23,24)(H,20,21,22). The molecule has 2 N–H and O–H groups in total. The summed E-state index contributed by atoms with van der Waals surface area (Å²) in [5, 5.41) is 18.9. The Hall–Kier alpha value is -3.20. The van der Waals surface area contributed by atoms with Gasteiger partial charge in [-0.2, -0.15) is 9.64 Å². The summed E-state index contributed by atoms with van der Waals surface area (Å²) in [6, 6.07) is 10.0. The van der Waals surface area contributed by atoms with Crippen LogP contribution in [0.25, 0.3) is 0 Å². The Morgan fingerprint density at radius 1 is 1.28 bits per heavy atom. The third-order valence-electron chi connectivity index (χ3n) is 3.55. The number of nitriles is 1. The van der Waals surface area contributed by atoms with Crippen molar-refractivity contribution in [3.8, 4) is 17.6 Å². The molecule has 0 fully saturated rings. The SMILES string of the molecule is N#Cc1cc(S(=O)(=O)Nc2ncns2)ccc1Oc1ccc(Cl)cc1CC(=O)O. The highest BCUT2D eigenvalue weighted by Gasteiger charge is 2.19. The number of sulfonamides is 1. The topological polar surface area (TPSA) is 142 Å². The number of aliphatic carboxylic acids is 1. The van der Waals surface area contributed by atoms with Gasteiger partial charge < -0.3 is 9.84 Å². The van der Waals surface area contributed by atoms with Gasteiger partial charge in [0.1, 0.15) is 23.9 Å². The number of hydrogen-bond acceptors (Lipinski definition) is 8. The molecule has 0 spiro atoms. The third-order valence-corrected chi connectivity index (χ3v) is 5.83. The molecule has 0 saturated carbocycles. The molecule has 0 radical (unpaired) electrons. The summed E-state index contributed by atoms with van der Waals surface area (Å²) in [5.41, 5.74) is 0.255. The van der Waals surface area contributed by atoms with Crippen LogP contribution in [0.1, 0.15) is 11.1 Å². The molecule has 2 aromatic carbocycles. The molecule has 29 heavy (non-hydrogen) atoms. The van der Waals surface area contributed by atoms with E-state index in [0.717, 1.165) is 17.6 Å². The predicted octanol–water partition coefficient (Wildman–Crippen LogP) is 3.28. The van der Waals surface area contributed by atoms with E-state index < -0.39 is 16.0 Å². The molecule has 3 rings (SSSR count). The Kier molecular flexibility index (Phi) is 5.97. The third kappa shape index (κ3) is 5.00. The molecule has 0 saturated heterocycles. The number of hydrogen-bond donors (Lipinski definition) is 2. The van der Waals surface area contributed by atoms with Crippen molar-refractivity contribution in [3.63, 3.8) is 0 Å². The van der Waals surface area contributed by atoms with E-state index in [2.05, 4.69) is 14.1 Å². The van der Waals surface area contributed by atoms with Crippen molar-refractivity contribution in [2.24, 2.45) is 0 Å². The zero-order valence-corrected chi connectivity index (χ0v) is 16.8. The maximum Gasteiger partial charge on any atom is 0.307 e. The number of rotatable bonds is 7. The number of nitrogens with one attached hydrogen (secondary N) is 1. The van der Waals surface area contributed by atoms with Crippen molar-refractivity contribution in [3.05, 3.63) is 58.9 Å². The number of nitrogens with zero attached hydrogens (tertiary/aromatic N) is 3. The number of halogens is 1. The Morgan fingerprint density at radius 3 is 2.69 bits per heavy atom. The van der Waals surface area contributed by atoms with Gasteiger partial charge in [0, 0.05) is 22.1 Å². The average molecular weight is 451 g/mol. The van der Waals surface area contributed by atoms with Crippen molar-refractivity contribution >= 4 is 44.3 Å². The fraction of sp³-hybridized carbons (Fsp3) is 0.0588. The number of benzene rings is 2. The van der Waals surface area contributed by atoms with Crippen LogP contribution in [0, 0.1) is 11.3 Å². The molecule has 0 aliphatic rings. The Labute approximate surface area is 174 Å². The predicted molar refractivity (Wildman–Crippen MR) is 105 cm³/mol. The molecule has 0 atom stereocenters. The van der Waals surface area contributed by atoms with Gasteiger partial charge in [0.25, 0.3) is 10.0 Å². The van der Waals surface area contributed by atoms with Gasteiger partial charge in [0.2, 0.25) is 5.13 Å². The lowest BCUT2D eigenvalue weighted by atomic mass is 10.1. The van der Waals surface area contributed by atoms with Gasteiger partial charge in [0.15, 0.2) is 0 Å². The van der Waals surface area contributed by atoms with Gasteiger partial charge in [-0.1, -0.05) is 11.6 Å². The molecular formula is C17H11ClN4O5S2. The van der Waals surface area contributed by atoms with Gasteiger partial charge in [-0.15, -0.1) is 0 Å². The minimum absolute atomic E-state index is 0.0543. The molecule has 0 aliphatic heterocycles. The Balaban J connectivity index is 1.93. The fourth-order valence-electron chi connectivity index (χ4n) is 2.31. The number of ether oxygens (including phenoxy) is 1.